The van der Waals surface area contributed by atoms with E-state index in [1.165, 1.54) is 29.1 Å². The molecule has 4 nitrogen and oxygen atoms in total. The van der Waals surface area contributed by atoms with Crippen LogP contribution in [0.3, 0.4) is 0 Å². The normalized spacial score (nSPS) is 10.2. The third-order valence-corrected chi connectivity index (χ3v) is 4.02. The molecule has 0 amide bonds. The van der Waals surface area contributed by atoms with Gasteiger partial charge >= 0.3 is 0 Å². The minimum atomic E-state index is -0.581. The second-order valence-corrected chi connectivity index (χ2v) is 5.15. The van der Waals surface area contributed by atoms with Crippen LogP contribution in [-0.2, 0) is 6.54 Å². The Balaban J connectivity index is 2.40. The fraction of sp³-hybridized carbons (Fsp3) is 0.0833. The van der Waals surface area contributed by atoms with Crippen molar-refractivity contribution in [2.45, 2.75) is 6.54 Å². The van der Waals surface area contributed by atoms with E-state index in [9.17, 15) is 9.18 Å². The van der Waals surface area contributed by atoms with E-state index in [0.717, 1.165) is 0 Å². The zero-order chi connectivity index (χ0) is 14.0. The number of nitriles is 1. The van der Waals surface area contributed by atoms with Gasteiger partial charge < -0.3 is 0 Å². The van der Waals surface area contributed by atoms with Gasteiger partial charge in [0.2, 0.25) is 0 Å². The molecule has 19 heavy (non-hydrogen) atoms. The van der Waals surface area contributed by atoms with Crippen molar-refractivity contribution >= 4 is 34.2 Å². The van der Waals surface area contributed by atoms with Crippen molar-refractivity contribution in [1.29, 1.82) is 5.26 Å². The van der Waals surface area contributed by atoms with Crippen LogP contribution in [0.15, 0.2) is 29.3 Å². The quantitative estimate of drug-likeness (QED) is 0.586. The lowest BCUT2D eigenvalue weighted by atomic mass is 10.1. The van der Waals surface area contributed by atoms with Gasteiger partial charge in [-0.2, -0.15) is 5.26 Å². The first-order valence-corrected chi connectivity index (χ1v) is 6.57. The van der Waals surface area contributed by atoms with Gasteiger partial charge in [-0.25, -0.2) is 9.37 Å². The van der Waals surface area contributed by atoms with Crippen LogP contribution in [0.1, 0.15) is 11.1 Å². The molecule has 0 aliphatic carbocycles. The van der Waals surface area contributed by atoms with Crippen LogP contribution < -0.4 is 5.56 Å². The lowest BCUT2D eigenvalue weighted by molar-refractivity contribution is 0.621. The van der Waals surface area contributed by atoms with Crippen LogP contribution in [0.4, 0.5) is 4.39 Å². The van der Waals surface area contributed by atoms with E-state index in [4.69, 9.17) is 16.9 Å². The first kappa shape index (κ1) is 14.0. The molecule has 0 saturated carbocycles. The zero-order valence-electron chi connectivity index (χ0n) is 9.40. The molecular weight excluding hydrogens is 384 g/mol. The summed E-state index contributed by atoms with van der Waals surface area (Å²) in [6.07, 6.45) is 1.32. The van der Waals surface area contributed by atoms with E-state index in [-0.39, 0.29) is 22.8 Å². The van der Waals surface area contributed by atoms with E-state index >= 15 is 0 Å². The van der Waals surface area contributed by atoms with Gasteiger partial charge in [-0.3, -0.25) is 9.36 Å². The van der Waals surface area contributed by atoms with Gasteiger partial charge in [0, 0.05) is 0 Å². The molecule has 7 heteroatoms. The third kappa shape index (κ3) is 2.93. The highest BCUT2D eigenvalue weighted by Crippen LogP contribution is 2.12. The number of hydrogen-bond acceptors (Lipinski definition) is 3. The molecule has 1 heterocycles. The predicted molar refractivity (Wildman–Crippen MR) is 76.4 cm³/mol. The molecule has 0 unspecified atom stereocenters. The Morgan fingerprint density at radius 1 is 1.53 bits per heavy atom. The van der Waals surface area contributed by atoms with Gasteiger partial charge in [-0.05, 0) is 40.3 Å². The number of aromatic nitrogens is 2. The topological polar surface area (TPSA) is 58.7 Å². The molecule has 0 radical (unpaired) electrons. The number of rotatable bonds is 2. The van der Waals surface area contributed by atoms with Crippen LogP contribution in [0, 0.1) is 20.7 Å². The van der Waals surface area contributed by atoms with Gasteiger partial charge in [0.15, 0.2) is 0 Å². The second kappa shape index (κ2) is 5.67. The van der Waals surface area contributed by atoms with Crippen LogP contribution in [-0.4, -0.2) is 9.55 Å². The van der Waals surface area contributed by atoms with Crippen molar-refractivity contribution in [3.8, 4) is 6.07 Å². The minimum absolute atomic E-state index is 0.0535. The lowest BCUT2D eigenvalue weighted by Crippen LogP contribution is -2.23. The molecule has 1 aromatic carbocycles. The fourth-order valence-corrected chi connectivity index (χ4v) is 2.08. The first-order valence-electron chi connectivity index (χ1n) is 5.12. The Hall–Kier alpha value is -1.46. The Labute approximate surface area is 126 Å². The average Bonchev–Trinajstić information content (AvgIpc) is 2.41. The predicted octanol–water partition coefficient (Wildman–Crippen LogP) is 2.56. The van der Waals surface area contributed by atoms with Crippen molar-refractivity contribution in [2.24, 2.45) is 0 Å². The van der Waals surface area contributed by atoms with E-state index in [1.54, 1.807) is 6.07 Å². The molecule has 96 valence electrons. The van der Waals surface area contributed by atoms with E-state index in [2.05, 4.69) is 4.98 Å². The van der Waals surface area contributed by atoms with Crippen LogP contribution in [0.2, 0.25) is 5.15 Å². The molecule has 0 spiro atoms. The molecule has 0 N–H and O–H groups in total. The molecule has 0 aliphatic heterocycles. The number of hydrogen-bond donors (Lipinski definition) is 0. The largest absolute Gasteiger partial charge is 0.294 e. The molecule has 2 aromatic rings. The van der Waals surface area contributed by atoms with Gasteiger partial charge in [-0.15, -0.1) is 0 Å². The van der Waals surface area contributed by atoms with E-state index in [1.807, 2.05) is 22.6 Å². The molecular formula is C12H6ClFIN3O. The summed E-state index contributed by atoms with van der Waals surface area (Å²) in [6.45, 7) is 0.202. The highest BCUT2D eigenvalue weighted by Gasteiger charge is 2.08. The summed E-state index contributed by atoms with van der Waals surface area (Å²) in [7, 11) is 0. The zero-order valence-corrected chi connectivity index (χ0v) is 12.3. The summed E-state index contributed by atoms with van der Waals surface area (Å²) < 4.78 is 14.9. The fourth-order valence-electron chi connectivity index (χ4n) is 1.51. The Morgan fingerprint density at radius 2 is 2.26 bits per heavy atom. The molecule has 1 aromatic heterocycles. The minimum Gasteiger partial charge on any atom is -0.294 e. The smallest absolute Gasteiger partial charge is 0.268 e. The Kier molecular flexibility index (Phi) is 4.17. The molecule has 0 saturated heterocycles. The SMILES string of the molecule is N#Cc1cc(Cn2cnc(Cl)c(I)c2=O)ccc1F. The van der Waals surface area contributed by atoms with Crippen molar-refractivity contribution in [2.75, 3.05) is 0 Å². The summed E-state index contributed by atoms with van der Waals surface area (Å²) in [5.41, 5.74) is 0.311. The molecule has 2 rings (SSSR count). The van der Waals surface area contributed by atoms with Crippen molar-refractivity contribution in [3.05, 3.63) is 60.5 Å². The Morgan fingerprint density at radius 3 is 2.95 bits per heavy atom. The first-order chi connectivity index (χ1) is 9.02. The highest BCUT2D eigenvalue weighted by atomic mass is 127. The third-order valence-electron chi connectivity index (χ3n) is 2.44. The number of benzene rings is 1. The monoisotopic (exact) mass is 389 g/mol. The summed E-state index contributed by atoms with van der Waals surface area (Å²) in [5, 5.41) is 8.91. The molecule has 0 atom stereocenters. The van der Waals surface area contributed by atoms with Gasteiger partial charge in [0.1, 0.15) is 20.6 Å². The van der Waals surface area contributed by atoms with Gasteiger partial charge in [-0.1, -0.05) is 17.7 Å². The van der Waals surface area contributed by atoms with Crippen LogP contribution in [0.5, 0.6) is 0 Å². The summed E-state index contributed by atoms with van der Waals surface area (Å²) in [6, 6.07) is 5.88. The highest BCUT2D eigenvalue weighted by molar-refractivity contribution is 14.1. The summed E-state index contributed by atoms with van der Waals surface area (Å²) in [5.74, 6) is -0.581. The van der Waals surface area contributed by atoms with Crippen molar-refractivity contribution < 1.29 is 4.39 Å². The maximum atomic E-state index is 13.2. The molecule has 0 fully saturated rings. The second-order valence-electron chi connectivity index (χ2n) is 3.71. The number of halogens is 3. The standard InChI is InChI=1S/C12H6ClFIN3O/c13-11-10(15)12(19)18(6-17-11)5-7-1-2-9(14)8(3-7)4-16/h1-3,6H,5H2. The molecule has 0 aliphatic rings. The number of nitrogens with zero attached hydrogens (tertiary/aromatic N) is 3. The van der Waals surface area contributed by atoms with E-state index < -0.39 is 5.82 Å². The van der Waals surface area contributed by atoms with E-state index in [0.29, 0.717) is 9.13 Å². The van der Waals surface area contributed by atoms with Crippen LogP contribution in [0.25, 0.3) is 0 Å². The maximum Gasteiger partial charge on any atom is 0.268 e. The van der Waals surface area contributed by atoms with Gasteiger partial charge in [0.25, 0.3) is 5.56 Å². The lowest BCUT2D eigenvalue weighted by Gasteiger charge is -2.07. The van der Waals surface area contributed by atoms with Crippen molar-refractivity contribution in [1.82, 2.24) is 9.55 Å². The van der Waals surface area contributed by atoms with Crippen molar-refractivity contribution in [3.63, 3.8) is 0 Å². The molecule has 0 bridgehead atoms. The Bertz CT molecular complexity index is 739. The summed E-state index contributed by atoms with van der Waals surface area (Å²) >= 11 is 7.55. The summed E-state index contributed by atoms with van der Waals surface area (Å²) in [4.78, 5) is 15.8. The van der Waals surface area contributed by atoms with Crippen LogP contribution >= 0.6 is 34.2 Å². The average molecular weight is 390 g/mol. The maximum absolute atomic E-state index is 13.2. The van der Waals surface area contributed by atoms with Gasteiger partial charge in [0.05, 0.1) is 18.4 Å².